The SMILES string of the molecule is Cc1ccoc1C(O)C(CN)c1ccccc1F. The Labute approximate surface area is 105 Å². The fourth-order valence-electron chi connectivity index (χ4n) is 2.07. The Balaban J connectivity index is 2.35. The van der Waals surface area contributed by atoms with Gasteiger partial charge < -0.3 is 15.3 Å². The highest BCUT2D eigenvalue weighted by atomic mass is 19.1. The molecule has 0 spiro atoms. The van der Waals surface area contributed by atoms with Crippen molar-refractivity contribution in [2.24, 2.45) is 5.73 Å². The topological polar surface area (TPSA) is 59.4 Å². The summed E-state index contributed by atoms with van der Waals surface area (Å²) in [6.07, 6.45) is 0.560. The molecule has 2 rings (SSSR count). The second kappa shape index (κ2) is 5.33. The molecule has 0 aliphatic carbocycles. The molecule has 18 heavy (non-hydrogen) atoms. The van der Waals surface area contributed by atoms with Crippen molar-refractivity contribution < 1.29 is 13.9 Å². The molecule has 0 radical (unpaired) electrons. The molecule has 1 aromatic heterocycles. The lowest BCUT2D eigenvalue weighted by Gasteiger charge is -2.21. The summed E-state index contributed by atoms with van der Waals surface area (Å²) < 4.78 is 19.0. The Bertz CT molecular complexity index is 524. The van der Waals surface area contributed by atoms with Crippen molar-refractivity contribution in [3.63, 3.8) is 0 Å². The maximum Gasteiger partial charge on any atom is 0.135 e. The van der Waals surface area contributed by atoms with Crippen molar-refractivity contribution in [1.82, 2.24) is 0 Å². The van der Waals surface area contributed by atoms with Gasteiger partial charge in [0, 0.05) is 12.5 Å². The van der Waals surface area contributed by atoms with Gasteiger partial charge in [0.15, 0.2) is 0 Å². The summed E-state index contributed by atoms with van der Waals surface area (Å²) in [6.45, 7) is 1.97. The van der Waals surface area contributed by atoms with E-state index in [-0.39, 0.29) is 12.4 Å². The summed E-state index contributed by atoms with van der Waals surface area (Å²) in [4.78, 5) is 0. The van der Waals surface area contributed by atoms with E-state index in [0.717, 1.165) is 5.56 Å². The van der Waals surface area contributed by atoms with E-state index >= 15 is 0 Å². The average Bonchev–Trinajstić information content (AvgIpc) is 2.78. The Hall–Kier alpha value is -1.65. The van der Waals surface area contributed by atoms with Gasteiger partial charge >= 0.3 is 0 Å². The third-order valence-corrected chi connectivity index (χ3v) is 3.11. The van der Waals surface area contributed by atoms with E-state index in [1.165, 1.54) is 12.3 Å². The number of benzene rings is 1. The van der Waals surface area contributed by atoms with Crippen LogP contribution in [-0.2, 0) is 0 Å². The molecule has 1 heterocycles. The second-order valence-electron chi connectivity index (χ2n) is 4.28. The minimum atomic E-state index is -0.943. The minimum Gasteiger partial charge on any atom is -0.466 e. The Morgan fingerprint density at radius 1 is 1.33 bits per heavy atom. The number of furan rings is 1. The van der Waals surface area contributed by atoms with Crippen LogP contribution in [0.5, 0.6) is 0 Å². The Kier molecular flexibility index (Phi) is 3.79. The maximum absolute atomic E-state index is 13.7. The Morgan fingerprint density at radius 2 is 2.06 bits per heavy atom. The molecule has 0 amide bonds. The molecule has 96 valence electrons. The zero-order valence-corrected chi connectivity index (χ0v) is 10.1. The summed E-state index contributed by atoms with van der Waals surface area (Å²) in [5, 5.41) is 10.3. The van der Waals surface area contributed by atoms with Crippen molar-refractivity contribution in [2.75, 3.05) is 6.54 Å². The number of aryl methyl sites for hydroxylation is 1. The smallest absolute Gasteiger partial charge is 0.135 e. The third kappa shape index (κ3) is 2.30. The summed E-state index contributed by atoms with van der Waals surface area (Å²) in [6, 6.07) is 8.08. The van der Waals surface area contributed by atoms with Crippen molar-refractivity contribution in [3.8, 4) is 0 Å². The highest BCUT2D eigenvalue weighted by Gasteiger charge is 2.27. The monoisotopic (exact) mass is 249 g/mol. The molecule has 3 nitrogen and oxygen atoms in total. The van der Waals surface area contributed by atoms with Crippen LogP contribution in [0, 0.1) is 12.7 Å². The number of aliphatic hydroxyl groups is 1. The molecule has 0 saturated heterocycles. The highest BCUT2D eigenvalue weighted by Crippen LogP contribution is 2.33. The molecule has 0 aliphatic rings. The van der Waals surface area contributed by atoms with E-state index in [1.807, 2.05) is 6.92 Å². The van der Waals surface area contributed by atoms with Crippen molar-refractivity contribution in [1.29, 1.82) is 0 Å². The summed E-state index contributed by atoms with van der Waals surface area (Å²) in [5.41, 5.74) is 6.90. The van der Waals surface area contributed by atoms with Gasteiger partial charge in [0.05, 0.1) is 6.26 Å². The molecule has 4 heteroatoms. The van der Waals surface area contributed by atoms with Crippen LogP contribution < -0.4 is 5.73 Å². The van der Waals surface area contributed by atoms with E-state index in [1.54, 1.807) is 24.3 Å². The quantitative estimate of drug-likeness (QED) is 0.875. The molecular weight excluding hydrogens is 233 g/mol. The summed E-state index contributed by atoms with van der Waals surface area (Å²) in [5.74, 6) is -0.444. The normalized spacial score (nSPS) is 14.4. The maximum atomic E-state index is 13.7. The van der Waals surface area contributed by atoms with E-state index in [9.17, 15) is 9.50 Å². The number of halogens is 1. The van der Waals surface area contributed by atoms with Gasteiger partial charge in [-0.15, -0.1) is 0 Å². The van der Waals surface area contributed by atoms with Crippen LogP contribution in [0.2, 0.25) is 0 Å². The van der Waals surface area contributed by atoms with Gasteiger partial charge in [0.1, 0.15) is 17.7 Å². The Morgan fingerprint density at radius 3 is 2.61 bits per heavy atom. The predicted octanol–water partition coefficient (Wildman–Crippen LogP) is 2.50. The lowest BCUT2D eigenvalue weighted by atomic mass is 9.90. The molecule has 3 N–H and O–H groups in total. The van der Waals surface area contributed by atoms with Gasteiger partial charge in [-0.2, -0.15) is 0 Å². The van der Waals surface area contributed by atoms with Gasteiger partial charge in [-0.1, -0.05) is 18.2 Å². The molecule has 1 aromatic carbocycles. The van der Waals surface area contributed by atoms with Gasteiger partial charge in [-0.25, -0.2) is 4.39 Å². The highest BCUT2D eigenvalue weighted by molar-refractivity contribution is 5.27. The van der Waals surface area contributed by atoms with Crippen LogP contribution in [0.15, 0.2) is 41.0 Å². The predicted molar refractivity (Wildman–Crippen MR) is 66.6 cm³/mol. The van der Waals surface area contributed by atoms with Crippen LogP contribution in [-0.4, -0.2) is 11.7 Å². The standard InChI is InChI=1S/C14H16FNO2/c1-9-6-7-18-14(9)13(17)11(8-16)10-4-2-3-5-12(10)15/h2-7,11,13,17H,8,16H2,1H3. The molecule has 0 aliphatic heterocycles. The molecule has 0 bridgehead atoms. The van der Waals surface area contributed by atoms with Crippen LogP contribution in [0.4, 0.5) is 4.39 Å². The number of rotatable bonds is 4. The number of hydrogen-bond acceptors (Lipinski definition) is 3. The van der Waals surface area contributed by atoms with Gasteiger partial charge in [0.25, 0.3) is 0 Å². The average molecular weight is 249 g/mol. The van der Waals surface area contributed by atoms with Crippen LogP contribution >= 0.6 is 0 Å². The first-order chi connectivity index (χ1) is 8.65. The first kappa shape index (κ1) is 12.8. The van der Waals surface area contributed by atoms with Crippen LogP contribution in [0.25, 0.3) is 0 Å². The van der Waals surface area contributed by atoms with Crippen molar-refractivity contribution in [2.45, 2.75) is 18.9 Å². The van der Waals surface area contributed by atoms with Crippen LogP contribution in [0.1, 0.15) is 28.9 Å². The number of nitrogens with two attached hydrogens (primary N) is 1. The largest absolute Gasteiger partial charge is 0.466 e. The molecular formula is C14H16FNO2. The van der Waals surface area contributed by atoms with Gasteiger partial charge in [-0.3, -0.25) is 0 Å². The molecule has 0 saturated carbocycles. The van der Waals surface area contributed by atoms with Crippen LogP contribution in [0.3, 0.4) is 0 Å². The van der Waals surface area contributed by atoms with E-state index in [0.29, 0.717) is 11.3 Å². The molecule has 2 aromatic rings. The number of aliphatic hydroxyl groups excluding tert-OH is 1. The van der Waals surface area contributed by atoms with Gasteiger partial charge in [-0.05, 0) is 30.2 Å². The minimum absolute atomic E-state index is 0.141. The van der Waals surface area contributed by atoms with Crippen molar-refractivity contribution >= 4 is 0 Å². The number of hydrogen-bond donors (Lipinski definition) is 2. The van der Waals surface area contributed by atoms with E-state index in [2.05, 4.69) is 0 Å². The third-order valence-electron chi connectivity index (χ3n) is 3.11. The van der Waals surface area contributed by atoms with E-state index < -0.39 is 12.0 Å². The van der Waals surface area contributed by atoms with Crippen molar-refractivity contribution in [3.05, 3.63) is 59.3 Å². The first-order valence-corrected chi connectivity index (χ1v) is 5.81. The lowest BCUT2D eigenvalue weighted by molar-refractivity contribution is 0.119. The summed E-state index contributed by atoms with van der Waals surface area (Å²) >= 11 is 0. The lowest BCUT2D eigenvalue weighted by Crippen LogP contribution is -2.21. The molecule has 2 atom stereocenters. The first-order valence-electron chi connectivity index (χ1n) is 5.81. The molecule has 0 fully saturated rings. The summed E-state index contributed by atoms with van der Waals surface area (Å²) in [7, 11) is 0. The fraction of sp³-hybridized carbons (Fsp3) is 0.286. The molecule has 2 unspecified atom stereocenters. The zero-order chi connectivity index (χ0) is 13.1. The zero-order valence-electron chi connectivity index (χ0n) is 10.1. The van der Waals surface area contributed by atoms with E-state index in [4.69, 9.17) is 10.2 Å². The fourth-order valence-corrected chi connectivity index (χ4v) is 2.07. The van der Waals surface area contributed by atoms with Gasteiger partial charge in [0.2, 0.25) is 0 Å². The second-order valence-corrected chi connectivity index (χ2v) is 4.28.